The summed E-state index contributed by atoms with van der Waals surface area (Å²) in [6.45, 7) is 0.485. The molecule has 2 aromatic carbocycles. The first-order chi connectivity index (χ1) is 8.34. The Hall–Kier alpha value is -2.09. The summed E-state index contributed by atoms with van der Waals surface area (Å²) in [6.07, 6.45) is 2.40. The zero-order valence-corrected chi connectivity index (χ0v) is 9.62. The average Bonchev–Trinajstić information content (AvgIpc) is 2.39. The van der Waals surface area contributed by atoms with Crippen molar-refractivity contribution in [3.8, 4) is 0 Å². The largest absolute Gasteiger partial charge is 0.624 e. The van der Waals surface area contributed by atoms with E-state index >= 15 is 0 Å². The lowest BCUT2D eigenvalue weighted by atomic mass is 10.1. The standard InChI is InChI=1S/C15H15NO/c17-16(13-15-9-5-2-6-10-15)12-11-14-7-3-1-4-8-14/h1-10,13H,11-12H2/b16-13+. The Morgan fingerprint density at radius 1 is 0.882 bits per heavy atom. The normalized spacial score (nSPS) is 11.4. The van der Waals surface area contributed by atoms with Crippen LogP contribution in [0.5, 0.6) is 0 Å². The molecule has 0 aromatic heterocycles. The van der Waals surface area contributed by atoms with E-state index in [0.29, 0.717) is 6.54 Å². The predicted molar refractivity (Wildman–Crippen MR) is 70.2 cm³/mol. The predicted octanol–water partition coefficient (Wildman–Crippen LogP) is 2.86. The van der Waals surface area contributed by atoms with Crippen LogP contribution in [0.15, 0.2) is 60.7 Å². The molecule has 0 aliphatic carbocycles. The van der Waals surface area contributed by atoms with Gasteiger partial charge in [-0.05, 0) is 17.7 Å². The first kappa shape index (κ1) is 11.4. The van der Waals surface area contributed by atoms with Gasteiger partial charge in [-0.1, -0.05) is 48.5 Å². The van der Waals surface area contributed by atoms with Gasteiger partial charge in [0.05, 0.1) is 0 Å². The van der Waals surface area contributed by atoms with Crippen molar-refractivity contribution in [2.75, 3.05) is 6.54 Å². The lowest BCUT2D eigenvalue weighted by molar-refractivity contribution is -0.451. The Kier molecular flexibility index (Phi) is 3.92. The van der Waals surface area contributed by atoms with E-state index < -0.39 is 0 Å². The molecule has 17 heavy (non-hydrogen) atoms. The minimum atomic E-state index is 0.485. The summed E-state index contributed by atoms with van der Waals surface area (Å²) in [4.78, 5) is 0. The molecule has 0 saturated carbocycles. The molecular formula is C15H15NO. The second kappa shape index (κ2) is 5.85. The molecule has 86 valence electrons. The van der Waals surface area contributed by atoms with Crippen LogP contribution in [0.3, 0.4) is 0 Å². The van der Waals surface area contributed by atoms with Gasteiger partial charge in [-0.3, -0.25) is 0 Å². The summed E-state index contributed by atoms with van der Waals surface area (Å²) >= 11 is 0. The molecule has 0 spiro atoms. The van der Waals surface area contributed by atoms with Crippen molar-refractivity contribution in [1.29, 1.82) is 0 Å². The van der Waals surface area contributed by atoms with Crippen molar-refractivity contribution in [2.24, 2.45) is 0 Å². The average molecular weight is 225 g/mol. The summed E-state index contributed by atoms with van der Waals surface area (Å²) in [5, 5.41) is 11.6. The molecule has 0 amide bonds. The maximum absolute atomic E-state index is 11.6. The van der Waals surface area contributed by atoms with E-state index in [1.807, 2.05) is 60.7 Å². The molecule has 0 bridgehead atoms. The molecule has 0 aliphatic heterocycles. The molecule has 0 saturated heterocycles. The SMILES string of the molecule is [O-]/[N+](=C/c1ccccc1)CCc1ccccc1. The fourth-order valence-corrected chi connectivity index (χ4v) is 1.65. The molecule has 0 fully saturated rings. The number of hydrogen-bond acceptors (Lipinski definition) is 1. The van der Waals surface area contributed by atoms with Crippen LogP contribution in [0.2, 0.25) is 0 Å². The molecule has 2 nitrogen and oxygen atoms in total. The van der Waals surface area contributed by atoms with Crippen LogP contribution in [0.25, 0.3) is 0 Å². The second-order valence-corrected chi connectivity index (χ2v) is 3.92. The van der Waals surface area contributed by atoms with Crippen LogP contribution in [-0.2, 0) is 6.42 Å². The van der Waals surface area contributed by atoms with Gasteiger partial charge in [0.15, 0.2) is 12.8 Å². The van der Waals surface area contributed by atoms with Gasteiger partial charge >= 0.3 is 0 Å². The van der Waals surface area contributed by atoms with Crippen molar-refractivity contribution in [3.63, 3.8) is 0 Å². The van der Waals surface area contributed by atoms with Gasteiger partial charge in [-0.2, -0.15) is 0 Å². The van der Waals surface area contributed by atoms with Crippen LogP contribution in [0.4, 0.5) is 0 Å². The summed E-state index contributed by atoms with van der Waals surface area (Å²) < 4.78 is 0.988. The number of nitrogens with zero attached hydrogens (tertiary/aromatic N) is 1. The molecule has 0 aliphatic rings. The highest BCUT2D eigenvalue weighted by Gasteiger charge is 1.97. The molecular weight excluding hydrogens is 210 g/mol. The van der Waals surface area contributed by atoms with Crippen LogP contribution >= 0.6 is 0 Å². The first-order valence-electron chi connectivity index (χ1n) is 5.72. The number of hydroxylamine groups is 1. The lowest BCUT2D eigenvalue weighted by Gasteiger charge is -2.04. The van der Waals surface area contributed by atoms with E-state index in [4.69, 9.17) is 0 Å². The Morgan fingerprint density at radius 2 is 1.47 bits per heavy atom. The zero-order valence-electron chi connectivity index (χ0n) is 9.62. The van der Waals surface area contributed by atoms with Crippen molar-refractivity contribution in [2.45, 2.75) is 6.42 Å². The smallest absolute Gasteiger partial charge is 0.181 e. The molecule has 2 rings (SSSR count). The van der Waals surface area contributed by atoms with Crippen LogP contribution in [0, 0.1) is 5.21 Å². The van der Waals surface area contributed by atoms with E-state index in [9.17, 15) is 5.21 Å². The number of rotatable bonds is 4. The van der Waals surface area contributed by atoms with E-state index in [1.165, 1.54) is 5.56 Å². The topological polar surface area (TPSA) is 26.1 Å². The van der Waals surface area contributed by atoms with E-state index in [0.717, 1.165) is 16.7 Å². The summed E-state index contributed by atoms with van der Waals surface area (Å²) in [7, 11) is 0. The van der Waals surface area contributed by atoms with Crippen molar-refractivity contribution in [3.05, 3.63) is 77.0 Å². The highest BCUT2D eigenvalue weighted by Crippen LogP contribution is 2.00. The van der Waals surface area contributed by atoms with Gasteiger partial charge < -0.3 is 5.21 Å². The van der Waals surface area contributed by atoms with Gasteiger partial charge in [0.25, 0.3) is 0 Å². The molecule has 0 radical (unpaired) electrons. The molecule has 2 aromatic rings. The third-order valence-corrected chi connectivity index (χ3v) is 2.56. The number of hydrogen-bond donors (Lipinski definition) is 0. The van der Waals surface area contributed by atoms with E-state index in [2.05, 4.69) is 0 Å². The third kappa shape index (κ3) is 3.76. The van der Waals surface area contributed by atoms with Crippen LogP contribution < -0.4 is 0 Å². The summed E-state index contributed by atoms with van der Waals surface area (Å²) in [6, 6.07) is 19.7. The van der Waals surface area contributed by atoms with Crippen molar-refractivity contribution < 1.29 is 4.74 Å². The fraction of sp³-hybridized carbons (Fsp3) is 0.133. The van der Waals surface area contributed by atoms with E-state index in [1.54, 1.807) is 6.21 Å². The maximum Gasteiger partial charge on any atom is 0.181 e. The van der Waals surface area contributed by atoms with Crippen molar-refractivity contribution in [1.82, 2.24) is 0 Å². The fourth-order valence-electron chi connectivity index (χ4n) is 1.65. The van der Waals surface area contributed by atoms with Gasteiger partial charge in [-0.15, -0.1) is 0 Å². The van der Waals surface area contributed by atoms with E-state index in [-0.39, 0.29) is 0 Å². The second-order valence-electron chi connectivity index (χ2n) is 3.92. The molecule has 0 atom stereocenters. The van der Waals surface area contributed by atoms with Crippen LogP contribution in [-0.4, -0.2) is 17.5 Å². The summed E-state index contributed by atoms with van der Waals surface area (Å²) in [5.74, 6) is 0. The van der Waals surface area contributed by atoms with Gasteiger partial charge in [0.1, 0.15) is 0 Å². The highest BCUT2D eigenvalue weighted by atomic mass is 16.5. The number of benzene rings is 2. The quantitative estimate of drug-likeness (QED) is 0.340. The van der Waals surface area contributed by atoms with Gasteiger partial charge in [-0.25, -0.2) is 4.74 Å². The third-order valence-electron chi connectivity index (χ3n) is 2.56. The zero-order chi connectivity index (χ0) is 11.9. The summed E-state index contributed by atoms with van der Waals surface area (Å²) in [5.41, 5.74) is 2.13. The minimum absolute atomic E-state index is 0.485. The van der Waals surface area contributed by atoms with Gasteiger partial charge in [0.2, 0.25) is 0 Å². The Labute approximate surface area is 101 Å². The van der Waals surface area contributed by atoms with Crippen LogP contribution in [0.1, 0.15) is 11.1 Å². The molecule has 0 N–H and O–H groups in total. The first-order valence-corrected chi connectivity index (χ1v) is 5.72. The minimum Gasteiger partial charge on any atom is -0.624 e. The molecule has 2 heteroatoms. The highest BCUT2D eigenvalue weighted by molar-refractivity contribution is 5.75. The maximum atomic E-state index is 11.6. The Bertz CT molecular complexity index is 477. The molecule has 0 unspecified atom stereocenters. The Morgan fingerprint density at radius 3 is 2.12 bits per heavy atom. The van der Waals surface area contributed by atoms with Crippen molar-refractivity contribution >= 4 is 6.21 Å². The monoisotopic (exact) mass is 225 g/mol. The Balaban J connectivity index is 1.94. The lowest BCUT2D eigenvalue weighted by Crippen LogP contribution is -2.10. The van der Waals surface area contributed by atoms with Gasteiger partial charge in [0, 0.05) is 12.0 Å². The molecule has 0 heterocycles.